The van der Waals surface area contributed by atoms with Crippen molar-refractivity contribution in [3.8, 4) is 0 Å². The van der Waals surface area contributed by atoms with Gasteiger partial charge in [0.15, 0.2) is 0 Å². The van der Waals surface area contributed by atoms with Gasteiger partial charge in [-0.15, -0.1) is 11.3 Å². The zero-order chi connectivity index (χ0) is 17.7. The summed E-state index contributed by atoms with van der Waals surface area (Å²) in [5.74, 6) is -3.80. The van der Waals surface area contributed by atoms with Crippen LogP contribution in [0.4, 0.5) is 14.5 Å². The molecule has 2 amide bonds. The summed E-state index contributed by atoms with van der Waals surface area (Å²) in [5.41, 5.74) is -0.287. The first-order chi connectivity index (χ1) is 11.4. The molecule has 2 N–H and O–H groups in total. The number of hydrogen-bond acceptors (Lipinski definition) is 4. The summed E-state index contributed by atoms with van der Waals surface area (Å²) >= 11 is 7.13. The van der Waals surface area contributed by atoms with Gasteiger partial charge in [-0.3, -0.25) is 9.59 Å². The quantitative estimate of drug-likeness (QED) is 0.790. The molecule has 2 aromatic rings. The maximum atomic E-state index is 13.4. The summed E-state index contributed by atoms with van der Waals surface area (Å²) in [6, 6.07) is 6.05. The Morgan fingerprint density at radius 3 is 2.58 bits per heavy atom. The fourth-order valence-corrected chi connectivity index (χ4v) is 2.98. The van der Waals surface area contributed by atoms with E-state index in [2.05, 4.69) is 10.6 Å². The van der Waals surface area contributed by atoms with Crippen molar-refractivity contribution in [3.63, 3.8) is 0 Å². The van der Waals surface area contributed by atoms with Gasteiger partial charge in [-0.05, 0) is 24.3 Å². The van der Waals surface area contributed by atoms with E-state index in [1.165, 1.54) is 18.4 Å². The molecule has 0 aliphatic rings. The van der Waals surface area contributed by atoms with Crippen molar-refractivity contribution in [2.75, 3.05) is 19.0 Å². The molecule has 1 aromatic heterocycles. The highest BCUT2D eigenvalue weighted by atomic mass is 35.5. The summed E-state index contributed by atoms with van der Waals surface area (Å²) in [7, 11) is 1.46. The lowest BCUT2D eigenvalue weighted by Gasteiger charge is -2.14. The third-order valence-corrected chi connectivity index (χ3v) is 4.35. The molecule has 0 aliphatic carbocycles. The Morgan fingerprint density at radius 1 is 1.25 bits per heavy atom. The molecule has 0 spiro atoms. The molecule has 0 bridgehead atoms. The van der Waals surface area contributed by atoms with E-state index in [-0.39, 0.29) is 12.2 Å². The van der Waals surface area contributed by atoms with Crippen LogP contribution < -0.4 is 10.6 Å². The van der Waals surface area contributed by atoms with Crippen LogP contribution in [0.3, 0.4) is 0 Å². The van der Waals surface area contributed by atoms with Gasteiger partial charge in [-0.1, -0.05) is 11.6 Å². The van der Waals surface area contributed by atoms with Crippen LogP contribution >= 0.6 is 22.9 Å². The van der Waals surface area contributed by atoms with Crippen molar-refractivity contribution in [1.29, 1.82) is 0 Å². The Bertz CT molecular complexity index is 754. The fraction of sp³-hybridized carbons (Fsp3) is 0.200. The fourth-order valence-electron chi connectivity index (χ4n) is 1.84. The van der Waals surface area contributed by atoms with Gasteiger partial charge >= 0.3 is 11.8 Å². The van der Waals surface area contributed by atoms with Crippen molar-refractivity contribution in [2.45, 2.75) is 6.10 Å². The standard InChI is InChI=1S/C15H13ClF2N2O3S/c1-23-11(12-4-5-13(16)24-12)7-19-14(21)15(22)20-10-3-2-8(17)6-9(10)18/h2-6,11H,7H2,1H3,(H,19,21)(H,20,22). The Morgan fingerprint density at radius 2 is 2.00 bits per heavy atom. The molecule has 0 saturated carbocycles. The molecular weight excluding hydrogens is 362 g/mol. The molecule has 24 heavy (non-hydrogen) atoms. The lowest BCUT2D eigenvalue weighted by atomic mass is 10.2. The third-order valence-electron chi connectivity index (χ3n) is 3.03. The number of carbonyl (C=O) groups excluding carboxylic acids is 2. The smallest absolute Gasteiger partial charge is 0.313 e. The highest BCUT2D eigenvalue weighted by Gasteiger charge is 2.19. The largest absolute Gasteiger partial charge is 0.374 e. The predicted molar refractivity (Wildman–Crippen MR) is 87.1 cm³/mol. The second kappa shape index (κ2) is 8.18. The molecule has 1 atom stereocenters. The van der Waals surface area contributed by atoms with Gasteiger partial charge in [-0.2, -0.15) is 0 Å². The first kappa shape index (κ1) is 18.3. The SMILES string of the molecule is COC(CNC(=O)C(=O)Nc1ccc(F)cc1F)c1ccc(Cl)s1. The van der Waals surface area contributed by atoms with E-state index in [1.807, 2.05) is 0 Å². The normalized spacial score (nSPS) is 11.8. The summed E-state index contributed by atoms with van der Waals surface area (Å²) < 4.78 is 32.1. The lowest BCUT2D eigenvalue weighted by Crippen LogP contribution is -2.38. The predicted octanol–water partition coefficient (Wildman–Crippen LogP) is 3.12. The minimum atomic E-state index is -1.07. The Balaban J connectivity index is 1.92. The molecule has 0 aliphatic heterocycles. The molecular formula is C15H13ClF2N2O3S. The minimum absolute atomic E-state index is 0.0332. The van der Waals surface area contributed by atoms with E-state index in [4.69, 9.17) is 16.3 Å². The van der Waals surface area contributed by atoms with Gasteiger partial charge in [0.1, 0.15) is 17.7 Å². The molecule has 0 radical (unpaired) electrons. The molecule has 2 rings (SSSR count). The summed E-state index contributed by atoms with van der Waals surface area (Å²) in [5, 5.41) is 4.45. The van der Waals surface area contributed by atoms with E-state index >= 15 is 0 Å². The monoisotopic (exact) mass is 374 g/mol. The van der Waals surface area contributed by atoms with E-state index in [9.17, 15) is 18.4 Å². The van der Waals surface area contributed by atoms with E-state index in [1.54, 1.807) is 12.1 Å². The molecule has 5 nitrogen and oxygen atoms in total. The molecule has 128 valence electrons. The number of anilines is 1. The van der Waals surface area contributed by atoms with Crippen LogP contribution in [0.25, 0.3) is 0 Å². The van der Waals surface area contributed by atoms with Crippen LogP contribution in [0.2, 0.25) is 4.34 Å². The summed E-state index contributed by atoms with van der Waals surface area (Å²) in [6.07, 6.45) is -0.471. The van der Waals surface area contributed by atoms with Crippen LogP contribution in [-0.4, -0.2) is 25.5 Å². The molecule has 1 aromatic carbocycles. The Kier molecular flexibility index (Phi) is 6.24. The van der Waals surface area contributed by atoms with Crippen LogP contribution in [0.1, 0.15) is 11.0 Å². The second-order valence-electron chi connectivity index (χ2n) is 4.65. The van der Waals surface area contributed by atoms with Crippen molar-refractivity contribution < 1.29 is 23.1 Å². The van der Waals surface area contributed by atoms with Crippen molar-refractivity contribution in [3.05, 3.63) is 51.2 Å². The topological polar surface area (TPSA) is 67.4 Å². The molecule has 0 saturated heterocycles. The number of benzene rings is 1. The second-order valence-corrected chi connectivity index (χ2v) is 6.40. The van der Waals surface area contributed by atoms with E-state index in [0.717, 1.165) is 17.0 Å². The Hall–Kier alpha value is -2.03. The number of halogens is 3. The van der Waals surface area contributed by atoms with Crippen LogP contribution in [0, 0.1) is 11.6 Å². The number of nitrogens with one attached hydrogen (secondary N) is 2. The number of hydrogen-bond donors (Lipinski definition) is 2. The van der Waals surface area contributed by atoms with Crippen LogP contribution in [0.15, 0.2) is 30.3 Å². The first-order valence-electron chi connectivity index (χ1n) is 6.73. The molecule has 1 heterocycles. The average molecular weight is 375 g/mol. The average Bonchev–Trinajstić information content (AvgIpc) is 2.96. The van der Waals surface area contributed by atoms with Gasteiger partial charge in [0.25, 0.3) is 0 Å². The number of ether oxygens (including phenoxy) is 1. The van der Waals surface area contributed by atoms with Gasteiger partial charge in [0.2, 0.25) is 0 Å². The Labute approximate surface area is 145 Å². The van der Waals surface area contributed by atoms with Crippen LogP contribution in [-0.2, 0) is 14.3 Å². The number of amides is 2. The lowest BCUT2D eigenvalue weighted by molar-refractivity contribution is -0.136. The van der Waals surface area contributed by atoms with Gasteiger partial charge in [0.05, 0.1) is 10.0 Å². The number of methoxy groups -OCH3 is 1. The van der Waals surface area contributed by atoms with Crippen molar-refractivity contribution in [1.82, 2.24) is 5.32 Å². The van der Waals surface area contributed by atoms with Crippen molar-refractivity contribution in [2.24, 2.45) is 0 Å². The van der Waals surface area contributed by atoms with Gasteiger partial charge in [-0.25, -0.2) is 8.78 Å². The zero-order valence-electron chi connectivity index (χ0n) is 12.4. The maximum Gasteiger partial charge on any atom is 0.313 e. The highest BCUT2D eigenvalue weighted by molar-refractivity contribution is 7.16. The highest BCUT2D eigenvalue weighted by Crippen LogP contribution is 2.28. The van der Waals surface area contributed by atoms with E-state index in [0.29, 0.717) is 10.4 Å². The van der Waals surface area contributed by atoms with Crippen LogP contribution in [0.5, 0.6) is 0 Å². The number of rotatable bonds is 5. The third kappa shape index (κ3) is 4.73. The summed E-state index contributed by atoms with van der Waals surface area (Å²) in [4.78, 5) is 24.3. The number of thiophene rings is 1. The molecule has 1 unspecified atom stereocenters. The maximum absolute atomic E-state index is 13.4. The molecule has 0 fully saturated rings. The minimum Gasteiger partial charge on any atom is -0.374 e. The van der Waals surface area contributed by atoms with Crippen molar-refractivity contribution >= 4 is 40.4 Å². The van der Waals surface area contributed by atoms with Gasteiger partial charge < -0.3 is 15.4 Å². The molecule has 9 heteroatoms. The summed E-state index contributed by atoms with van der Waals surface area (Å²) in [6.45, 7) is 0.0332. The van der Waals surface area contributed by atoms with Gasteiger partial charge in [0, 0.05) is 24.6 Å². The number of carbonyl (C=O) groups is 2. The van der Waals surface area contributed by atoms with E-state index < -0.39 is 29.6 Å². The first-order valence-corrected chi connectivity index (χ1v) is 7.92. The zero-order valence-corrected chi connectivity index (χ0v) is 14.0.